The maximum Gasteiger partial charge on any atom is 0.0556 e. The second-order valence-corrected chi connectivity index (χ2v) is 9.52. The molecule has 0 unspecified atom stereocenters. The Balaban J connectivity index is 1.63. The second-order valence-electron chi connectivity index (χ2n) is 9.11. The van der Waals surface area contributed by atoms with Gasteiger partial charge in [0, 0.05) is 16.3 Å². The Kier molecular flexibility index (Phi) is 4.90. The van der Waals surface area contributed by atoms with Crippen LogP contribution in [0.4, 0.5) is 0 Å². The van der Waals surface area contributed by atoms with Crippen LogP contribution in [-0.4, -0.2) is 4.57 Å². The van der Waals surface area contributed by atoms with E-state index in [0.717, 1.165) is 32.5 Å². The first kappa shape index (κ1) is 21.0. The molecule has 0 atom stereocenters. The Morgan fingerprint density at radius 2 is 1.22 bits per heavy atom. The molecule has 0 aliphatic rings. The van der Waals surface area contributed by atoms with E-state index in [9.17, 15) is 0 Å². The van der Waals surface area contributed by atoms with E-state index in [1.54, 1.807) is 0 Å². The zero-order valence-corrected chi connectivity index (χ0v) is 20.3. The molecule has 0 radical (unpaired) electrons. The average Bonchev–Trinajstić information content (AvgIpc) is 3.28. The van der Waals surface area contributed by atoms with Gasteiger partial charge in [-0.25, -0.2) is 0 Å². The van der Waals surface area contributed by atoms with Crippen LogP contribution in [0.15, 0.2) is 133 Å². The van der Waals surface area contributed by atoms with Gasteiger partial charge in [0.1, 0.15) is 0 Å². The lowest BCUT2D eigenvalue weighted by Gasteiger charge is -2.19. The van der Waals surface area contributed by atoms with Crippen molar-refractivity contribution in [1.82, 2.24) is 4.57 Å². The lowest BCUT2D eigenvalue weighted by atomic mass is 9.91. The molecule has 0 N–H and O–H groups in total. The fourth-order valence-electron chi connectivity index (χ4n) is 5.47. The smallest absolute Gasteiger partial charge is 0.0556 e. The minimum Gasteiger partial charge on any atom is -0.309 e. The van der Waals surface area contributed by atoms with Gasteiger partial charge in [-0.1, -0.05) is 115 Å². The van der Waals surface area contributed by atoms with E-state index in [1.807, 2.05) is 12.1 Å². The number of nitrogens with zero attached hydrogens (tertiary/aromatic N) is 1. The van der Waals surface area contributed by atoms with E-state index in [1.165, 1.54) is 33.0 Å². The maximum absolute atomic E-state index is 6.77. The summed E-state index contributed by atoms with van der Waals surface area (Å²) in [4.78, 5) is 0. The predicted octanol–water partition coefficient (Wildman–Crippen LogP) is 9.92. The SMILES string of the molecule is Clc1cccc2c1c1ccccc1n2-c1cccc(-c2ccccc2)c1-c1ccc2ccccc2c1. The number of para-hydroxylation sites is 1. The fraction of sp³-hybridized carbons (Fsp3) is 0. The molecule has 7 aromatic rings. The molecule has 170 valence electrons. The third-order valence-corrected chi connectivity index (χ3v) is 7.37. The van der Waals surface area contributed by atoms with E-state index in [0.29, 0.717) is 0 Å². The Bertz CT molecular complexity index is 1900. The van der Waals surface area contributed by atoms with Gasteiger partial charge < -0.3 is 4.57 Å². The summed E-state index contributed by atoms with van der Waals surface area (Å²) in [6, 6.07) is 47.3. The van der Waals surface area contributed by atoms with Crippen LogP contribution >= 0.6 is 11.6 Å². The van der Waals surface area contributed by atoms with E-state index in [4.69, 9.17) is 11.6 Å². The van der Waals surface area contributed by atoms with Crippen molar-refractivity contribution in [2.45, 2.75) is 0 Å². The third-order valence-electron chi connectivity index (χ3n) is 7.05. The summed E-state index contributed by atoms with van der Waals surface area (Å²) in [5, 5.41) is 5.49. The molecule has 1 aromatic heterocycles. The zero-order chi connectivity index (χ0) is 24.1. The highest BCUT2D eigenvalue weighted by Gasteiger charge is 2.19. The van der Waals surface area contributed by atoms with E-state index >= 15 is 0 Å². The molecule has 7 rings (SSSR count). The minimum atomic E-state index is 0.772. The van der Waals surface area contributed by atoms with Gasteiger partial charge in [0.25, 0.3) is 0 Å². The van der Waals surface area contributed by atoms with Gasteiger partial charge in [-0.05, 0) is 57.8 Å². The number of hydrogen-bond donors (Lipinski definition) is 0. The van der Waals surface area contributed by atoms with Crippen molar-refractivity contribution in [3.8, 4) is 27.9 Å². The Labute approximate surface area is 214 Å². The van der Waals surface area contributed by atoms with Gasteiger partial charge in [-0.3, -0.25) is 0 Å². The second kappa shape index (κ2) is 8.41. The quantitative estimate of drug-likeness (QED) is 0.237. The molecule has 0 saturated heterocycles. The lowest BCUT2D eigenvalue weighted by molar-refractivity contribution is 1.18. The number of rotatable bonds is 3. The van der Waals surface area contributed by atoms with Crippen LogP contribution in [0.3, 0.4) is 0 Å². The molecule has 2 heteroatoms. The summed E-state index contributed by atoms with van der Waals surface area (Å²) in [6.07, 6.45) is 0. The monoisotopic (exact) mass is 479 g/mol. The Hall–Kier alpha value is -4.33. The molecule has 0 spiro atoms. The molecule has 0 bridgehead atoms. The molecule has 1 nitrogen and oxygen atoms in total. The minimum absolute atomic E-state index is 0.772. The lowest BCUT2D eigenvalue weighted by Crippen LogP contribution is -1.99. The summed E-state index contributed by atoms with van der Waals surface area (Å²) < 4.78 is 2.37. The molecule has 0 amide bonds. The van der Waals surface area contributed by atoms with Crippen LogP contribution in [0.5, 0.6) is 0 Å². The van der Waals surface area contributed by atoms with E-state index in [2.05, 4.69) is 126 Å². The van der Waals surface area contributed by atoms with Crippen molar-refractivity contribution in [1.29, 1.82) is 0 Å². The summed E-state index contributed by atoms with van der Waals surface area (Å²) >= 11 is 6.77. The standard InChI is InChI=1S/C34H22ClN/c35-29-16-9-19-32-34(29)28-14-6-7-17-30(28)36(32)31-18-8-15-27(24-11-2-1-3-12-24)33(31)26-21-20-23-10-4-5-13-25(23)22-26/h1-22H. The molecule has 0 aliphatic heterocycles. The zero-order valence-electron chi connectivity index (χ0n) is 19.5. The van der Waals surface area contributed by atoms with Gasteiger partial charge in [0.2, 0.25) is 0 Å². The first-order chi connectivity index (χ1) is 17.8. The summed E-state index contributed by atoms with van der Waals surface area (Å²) in [5.74, 6) is 0. The number of benzene rings is 6. The van der Waals surface area contributed by atoms with Crippen LogP contribution in [0, 0.1) is 0 Å². The largest absolute Gasteiger partial charge is 0.309 e. The molecular formula is C34H22ClN. The number of fused-ring (bicyclic) bond motifs is 4. The first-order valence-corrected chi connectivity index (χ1v) is 12.5. The normalized spacial score (nSPS) is 11.5. The van der Waals surface area contributed by atoms with Gasteiger partial charge in [-0.2, -0.15) is 0 Å². The van der Waals surface area contributed by atoms with Crippen molar-refractivity contribution < 1.29 is 0 Å². The molecule has 36 heavy (non-hydrogen) atoms. The van der Waals surface area contributed by atoms with Gasteiger partial charge in [-0.15, -0.1) is 0 Å². The van der Waals surface area contributed by atoms with Crippen molar-refractivity contribution in [3.63, 3.8) is 0 Å². The first-order valence-electron chi connectivity index (χ1n) is 12.2. The van der Waals surface area contributed by atoms with Gasteiger partial charge in [0.05, 0.1) is 21.7 Å². The number of hydrogen-bond acceptors (Lipinski definition) is 0. The van der Waals surface area contributed by atoms with Crippen molar-refractivity contribution in [2.75, 3.05) is 0 Å². The molecular weight excluding hydrogens is 458 g/mol. The van der Waals surface area contributed by atoms with Crippen molar-refractivity contribution >= 4 is 44.2 Å². The van der Waals surface area contributed by atoms with Crippen molar-refractivity contribution in [3.05, 3.63) is 138 Å². The van der Waals surface area contributed by atoms with Crippen LogP contribution in [-0.2, 0) is 0 Å². The topological polar surface area (TPSA) is 4.93 Å². The molecule has 0 aliphatic carbocycles. The summed E-state index contributed by atoms with van der Waals surface area (Å²) in [6.45, 7) is 0. The highest BCUT2D eigenvalue weighted by molar-refractivity contribution is 6.38. The number of halogens is 1. The summed E-state index contributed by atoms with van der Waals surface area (Å²) in [5.41, 5.74) is 8.19. The van der Waals surface area contributed by atoms with Crippen LogP contribution < -0.4 is 0 Å². The van der Waals surface area contributed by atoms with Gasteiger partial charge >= 0.3 is 0 Å². The maximum atomic E-state index is 6.77. The average molecular weight is 480 g/mol. The third kappa shape index (κ3) is 3.25. The van der Waals surface area contributed by atoms with E-state index < -0.39 is 0 Å². The fourth-order valence-corrected chi connectivity index (χ4v) is 5.74. The van der Waals surface area contributed by atoms with Crippen LogP contribution in [0.25, 0.3) is 60.5 Å². The summed E-state index contributed by atoms with van der Waals surface area (Å²) in [7, 11) is 0. The number of aromatic nitrogens is 1. The molecule has 0 saturated carbocycles. The van der Waals surface area contributed by atoms with E-state index in [-0.39, 0.29) is 0 Å². The predicted molar refractivity (Wildman–Crippen MR) is 154 cm³/mol. The Morgan fingerprint density at radius 1 is 0.500 bits per heavy atom. The van der Waals surface area contributed by atoms with Crippen LogP contribution in [0.1, 0.15) is 0 Å². The Morgan fingerprint density at radius 3 is 2.11 bits per heavy atom. The van der Waals surface area contributed by atoms with Crippen LogP contribution in [0.2, 0.25) is 5.02 Å². The highest BCUT2D eigenvalue weighted by atomic mass is 35.5. The van der Waals surface area contributed by atoms with Gasteiger partial charge in [0.15, 0.2) is 0 Å². The molecule has 0 fully saturated rings. The molecule has 1 heterocycles. The highest BCUT2D eigenvalue weighted by Crippen LogP contribution is 2.42. The van der Waals surface area contributed by atoms with Crippen molar-refractivity contribution in [2.24, 2.45) is 0 Å². The molecule has 6 aromatic carbocycles.